The number of ether oxygens (including phenoxy) is 2. The Kier molecular flexibility index (Phi) is 9.36. The van der Waals surface area contributed by atoms with Gasteiger partial charge in [-0.15, -0.1) is 10.2 Å². The Morgan fingerprint density at radius 3 is 2.58 bits per heavy atom. The van der Waals surface area contributed by atoms with E-state index in [1.165, 1.54) is 22.6 Å². The number of nitrogens with zero attached hydrogens (tertiary/aromatic N) is 6. The lowest BCUT2D eigenvalue weighted by molar-refractivity contribution is -0.145. The number of halogens is 3. The third-order valence-corrected chi connectivity index (χ3v) is 12.6. The second-order valence-electron chi connectivity index (χ2n) is 14.5. The van der Waals surface area contributed by atoms with E-state index in [0.29, 0.717) is 56.0 Å². The van der Waals surface area contributed by atoms with Crippen molar-refractivity contribution >= 4 is 27.5 Å². The van der Waals surface area contributed by atoms with Crippen LogP contribution in [0.5, 0.6) is 5.88 Å². The van der Waals surface area contributed by atoms with E-state index in [2.05, 4.69) is 25.4 Å². The summed E-state index contributed by atoms with van der Waals surface area (Å²) in [5.41, 5.74) is 1.03. The maximum atomic E-state index is 14.3. The molecule has 4 aliphatic rings. The maximum Gasteiger partial charge on any atom is 0.452 e. The molecule has 2 N–H and O–H groups in total. The number of rotatable bonds is 10. The molecule has 1 saturated carbocycles. The van der Waals surface area contributed by atoms with Gasteiger partial charge in [0.05, 0.1) is 26.2 Å². The highest BCUT2D eigenvalue weighted by atomic mass is 32.2. The summed E-state index contributed by atoms with van der Waals surface area (Å²) in [6, 6.07) is 4.68. The number of aliphatic carboxylic acids is 1. The first kappa shape index (κ1) is 36.3. The van der Waals surface area contributed by atoms with Crippen molar-refractivity contribution in [1.29, 1.82) is 0 Å². The SMILES string of the molecule is CC1=C(CN2CC3(CC3)Oc3nc(NCCN4CCOCC4)ccc3S2(=O)=O)CC(C)([C@H](CC(=O)O)c2ccn3c(C(F)(F)F)nnc3c2C)C=C1. The van der Waals surface area contributed by atoms with Crippen LogP contribution in [0.25, 0.3) is 5.65 Å². The van der Waals surface area contributed by atoms with E-state index in [1.54, 1.807) is 13.0 Å². The van der Waals surface area contributed by atoms with Crippen LogP contribution in [0, 0.1) is 12.3 Å². The molecule has 3 aromatic heterocycles. The number of hydrogen-bond donors (Lipinski definition) is 2. The maximum absolute atomic E-state index is 14.3. The number of pyridine rings is 2. The van der Waals surface area contributed by atoms with Crippen LogP contribution in [-0.2, 0) is 25.7 Å². The number of carbonyl (C=O) groups is 1. The standard InChI is InChI=1S/C35H42F3N7O6S/c1-22-6-8-33(3,26(18-29(46)47)25-7-12-45-30(23(25)2)41-42-32(45)35(36,37)38)19-24(22)20-44-21-34(9-10-34)51-31-27(52(44,48)49)4-5-28(40-31)39-11-13-43-14-16-50-17-15-43/h4-8,12,26H,9-11,13-21H2,1-3H3,(H,39,40)(H,46,47)/t26-,33?/m1/s1. The summed E-state index contributed by atoms with van der Waals surface area (Å²) < 4.78 is 83.5. The lowest BCUT2D eigenvalue weighted by atomic mass is 9.65. The van der Waals surface area contributed by atoms with Crippen LogP contribution in [0.4, 0.5) is 19.0 Å². The summed E-state index contributed by atoms with van der Waals surface area (Å²) in [7, 11) is -4.06. The van der Waals surface area contributed by atoms with E-state index in [0.717, 1.165) is 35.2 Å². The van der Waals surface area contributed by atoms with Gasteiger partial charge in [0.15, 0.2) is 5.65 Å². The molecule has 2 aliphatic heterocycles. The first-order valence-corrected chi connectivity index (χ1v) is 18.8. The fraction of sp³-hybridized carbons (Fsp3) is 0.543. The summed E-state index contributed by atoms with van der Waals surface area (Å²) in [6.07, 6.45) is 1.64. The minimum absolute atomic E-state index is 0.0105. The summed E-state index contributed by atoms with van der Waals surface area (Å²) in [4.78, 5) is 19.2. The minimum atomic E-state index is -4.72. The van der Waals surface area contributed by atoms with E-state index in [9.17, 15) is 31.5 Å². The fourth-order valence-electron chi connectivity index (χ4n) is 7.55. The molecular formula is C35H42F3N7O6S. The normalized spacial score (nSPS) is 23.7. The molecule has 0 bridgehead atoms. The van der Waals surface area contributed by atoms with Crippen LogP contribution < -0.4 is 10.1 Å². The molecular weight excluding hydrogens is 703 g/mol. The van der Waals surface area contributed by atoms with Crippen LogP contribution in [0.1, 0.15) is 62.4 Å². The average Bonchev–Trinajstić information content (AvgIpc) is 3.70. The van der Waals surface area contributed by atoms with Gasteiger partial charge in [-0.25, -0.2) is 8.42 Å². The van der Waals surface area contributed by atoms with Gasteiger partial charge in [0.25, 0.3) is 0 Å². The lowest BCUT2D eigenvalue weighted by Gasteiger charge is -2.40. The summed E-state index contributed by atoms with van der Waals surface area (Å²) in [6.45, 7) is 10.1. The van der Waals surface area contributed by atoms with Crippen LogP contribution in [-0.4, -0.2) is 106 Å². The Labute approximate surface area is 299 Å². The molecule has 2 atom stereocenters. The van der Waals surface area contributed by atoms with E-state index in [4.69, 9.17) is 9.47 Å². The number of carboxylic acid groups (broad SMARTS) is 1. The molecule has 1 spiro atoms. The fourth-order valence-corrected chi connectivity index (χ4v) is 9.11. The molecule has 3 aromatic rings. The molecule has 2 fully saturated rings. The molecule has 7 rings (SSSR count). The highest BCUT2D eigenvalue weighted by molar-refractivity contribution is 7.89. The largest absolute Gasteiger partial charge is 0.481 e. The molecule has 13 nitrogen and oxygen atoms in total. The number of hydrogen-bond acceptors (Lipinski definition) is 10. The Morgan fingerprint density at radius 1 is 1.13 bits per heavy atom. The molecule has 17 heteroatoms. The quantitative estimate of drug-likeness (QED) is 0.299. The Bertz CT molecular complexity index is 2060. The second-order valence-corrected chi connectivity index (χ2v) is 16.4. The third-order valence-electron chi connectivity index (χ3n) is 10.8. The Morgan fingerprint density at radius 2 is 1.88 bits per heavy atom. The molecule has 280 valence electrons. The van der Waals surface area contributed by atoms with Gasteiger partial charge in [-0.3, -0.25) is 14.1 Å². The first-order valence-electron chi connectivity index (χ1n) is 17.3. The van der Waals surface area contributed by atoms with Crippen LogP contribution in [0.3, 0.4) is 0 Å². The highest BCUT2D eigenvalue weighted by Crippen LogP contribution is 2.50. The number of anilines is 1. The molecule has 2 aliphatic carbocycles. The van der Waals surface area contributed by atoms with Gasteiger partial charge in [0, 0.05) is 44.8 Å². The monoisotopic (exact) mass is 745 g/mol. The predicted molar refractivity (Wildman–Crippen MR) is 184 cm³/mol. The van der Waals surface area contributed by atoms with E-state index in [-0.39, 0.29) is 35.9 Å². The van der Waals surface area contributed by atoms with Crippen LogP contribution >= 0.6 is 0 Å². The number of morpholine rings is 1. The molecule has 52 heavy (non-hydrogen) atoms. The number of fused-ring (bicyclic) bond motifs is 2. The number of carboxylic acids is 1. The Hall–Kier alpha value is -4.06. The zero-order valence-corrected chi connectivity index (χ0v) is 30.1. The number of aryl methyl sites for hydroxylation is 1. The smallest absolute Gasteiger partial charge is 0.452 e. The molecule has 5 heterocycles. The van der Waals surface area contributed by atoms with Crippen LogP contribution in [0.2, 0.25) is 0 Å². The van der Waals surface area contributed by atoms with Crippen LogP contribution in [0.15, 0.2) is 52.6 Å². The van der Waals surface area contributed by atoms with Gasteiger partial charge in [-0.2, -0.15) is 22.5 Å². The number of alkyl halides is 3. The van der Waals surface area contributed by atoms with E-state index in [1.807, 2.05) is 26.0 Å². The summed E-state index contributed by atoms with van der Waals surface area (Å²) in [5, 5.41) is 20.5. The van der Waals surface area contributed by atoms with Gasteiger partial charge in [0.1, 0.15) is 16.3 Å². The minimum Gasteiger partial charge on any atom is -0.481 e. The van der Waals surface area contributed by atoms with Crippen molar-refractivity contribution < 1.29 is 41.0 Å². The average molecular weight is 746 g/mol. The van der Waals surface area contributed by atoms with Crippen molar-refractivity contribution in [3.8, 4) is 5.88 Å². The molecule has 1 saturated heterocycles. The third kappa shape index (κ3) is 7.02. The highest BCUT2D eigenvalue weighted by Gasteiger charge is 2.53. The zero-order chi connectivity index (χ0) is 37.1. The lowest BCUT2D eigenvalue weighted by Crippen LogP contribution is -2.40. The number of allylic oxidation sites excluding steroid dienone is 3. The van der Waals surface area contributed by atoms with Crippen molar-refractivity contribution in [3.63, 3.8) is 0 Å². The number of aromatic nitrogens is 4. The topological polar surface area (TPSA) is 151 Å². The second kappa shape index (κ2) is 13.4. The first-order chi connectivity index (χ1) is 24.6. The zero-order valence-electron chi connectivity index (χ0n) is 29.2. The van der Waals surface area contributed by atoms with Crippen molar-refractivity contribution in [1.82, 2.24) is 28.8 Å². The van der Waals surface area contributed by atoms with Crippen molar-refractivity contribution in [2.24, 2.45) is 5.41 Å². The summed E-state index contributed by atoms with van der Waals surface area (Å²) >= 11 is 0. The van der Waals surface area contributed by atoms with Gasteiger partial charge in [-0.05, 0) is 67.9 Å². The van der Waals surface area contributed by atoms with Gasteiger partial charge in [0.2, 0.25) is 21.7 Å². The predicted octanol–water partition coefficient (Wildman–Crippen LogP) is 4.65. The number of nitrogens with one attached hydrogen (secondary N) is 1. The molecule has 1 unspecified atom stereocenters. The molecule has 0 radical (unpaired) electrons. The van der Waals surface area contributed by atoms with Gasteiger partial charge in [-0.1, -0.05) is 30.2 Å². The summed E-state index contributed by atoms with van der Waals surface area (Å²) in [5.74, 6) is -2.33. The van der Waals surface area contributed by atoms with Crippen molar-refractivity contribution in [2.75, 3.05) is 57.8 Å². The molecule has 0 aromatic carbocycles. The van der Waals surface area contributed by atoms with Gasteiger partial charge >= 0.3 is 12.1 Å². The van der Waals surface area contributed by atoms with E-state index < -0.39 is 44.9 Å². The van der Waals surface area contributed by atoms with Crippen molar-refractivity contribution in [3.05, 3.63) is 64.6 Å². The Balaban J connectivity index is 1.14. The number of sulfonamides is 1. The molecule has 0 amide bonds. The van der Waals surface area contributed by atoms with E-state index >= 15 is 0 Å². The van der Waals surface area contributed by atoms with Gasteiger partial charge < -0.3 is 19.9 Å². The van der Waals surface area contributed by atoms with Crippen molar-refractivity contribution in [2.45, 2.75) is 69.0 Å².